The summed E-state index contributed by atoms with van der Waals surface area (Å²) in [6.07, 6.45) is 0.482. The van der Waals surface area contributed by atoms with Crippen molar-refractivity contribution in [1.82, 2.24) is 0 Å². The van der Waals surface area contributed by atoms with Crippen molar-refractivity contribution in [2.24, 2.45) is 0 Å². The summed E-state index contributed by atoms with van der Waals surface area (Å²) in [5, 5.41) is 0. The second-order valence-corrected chi connectivity index (χ2v) is 9.47. The van der Waals surface area contributed by atoms with Crippen LogP contribution in [0.5, 0.6) is 5.75 Å². The van der Waals surface area contributed by atoms with E-state index < -0.39 is 10.1 Å². The van der Waals surface area contributed by atoms with Crippen molar-refractivity contribution in [3.63, 3.8) is 0 Å². The zero-order valence-electron chi connectivity index (χ0n) is 15.1. The van der Waals surface area contributed by atoms with Gasteiger partial charge >= 0.3 is 29.6 Å². The fourth-order valence-corrected chi connectivity index (χ4v) is 6.10. The number of benzene rings is 2. The quantitative estimate of drug-likeness (QED) is 0.289. The van der Waals surface area contributed by atoms with Crippen molar-refractivity contribution < 1.29 is 48.7 Å². The molecule has 0 bridgehead atoms. The first-order valence-electron chi connectivity index (χ1n) is 7.22. The van der Waals surface area contributed by atoms with Crippen molar-refractivity contribution in [1.29, 1.82) is 0 Å². The van der Waals surface area contributed by atoms with E-state index in [1.54, 1.807) is 22.5 Å². The molecule has 0 saturated heterocycles. The summed E-state index contributed by atoms with van der Waals surface area (Å²) in [6, 6.07) is 14.7. The van der Waals surface area contributed by atoms with Crippen LogP contribution >= 0.6 is 32.9 Å². The van der Waals surface area contributed by atoms with Crippen LogP contribution in [0.2, 0.25) is 0 Å². The number of hydrogen-bond donors (Lipinski definition) is 1. The van der Waals surface area contributed by atoms with Crippen molar-refractivity contribution in [2.75, 3.05) is 7.11 Å². The average Bonchev–Trinajstić information content (AvgIpc) is 2.95. The summed E-state index contributed by atoms with van der Waals surface area (Å²) in [4.78, 5) is 0.846. The Morgan fingerprint density at radius 3 is 2.46 bits per heavy atom. The molecule has 3 rings (SSSR count). The summed E-state index contributed by atoms with van der Waals surface area (Å²) in [6.45, 7) is 0. The zero-order chi connectivity index (χ0) is 18.0. The molecule has 0 amide bonds. The number of hydrogen-bond acceptors (Lipinski definition) is 6. The fraction of sp³-hybridized carbons (Fsp3) is 0.118. The molecule has 4 nitrogen and oxygen atoms in total. The smallest absolute Gasteiger partial charge is 1.00 e. The molecule has 1 N–H and O–H groups in total. The van der Waals surface area contributed by atoms with Crippen molar-refractivity contribution in [2.45, 2.75) is 11.3 Å². The number of methoxy groups -OCH3 is 1. The molecule has 3 aromatic rings. The Bertz CT molecular complexity index is 1060. The second-order valence-electron chi connectivity index (χ2n) is 5.26. The Morgan fingerprint density at radius 2 is 1.85 bits per heavy atom. The minimum atomic E-state index is -4.37. The van der Waals surface area contributed by atoms with Gasteiger partial charge in [0, 0.05) is 12.0 Å². The molecule has 0 atom stereocenters. The van der Waals surface area contributed by atoms with E-state index >= 15 is 0 Å². The first-order valence-corrected chi connectivity index (χ1v) is 11.2. The van der Waals surface area contributed by atoms with Gasteiger partial charge in [-0.25, -0.2) is 0 Å². The molecular weight excluding hydrogens is 419 g/mol. The number of ether oxygens (including phenoxy) is 1. The van der Waals surface area contributed by atoms with E-state index in [1.807, 2.05) is 30.3 Å². The van der Waals surface area contributed by atoms with Crippen LogP contribution in [-0.2, 0) is 16.5 Å². The van der Waals surface area contributed by atoms with Crippen LogP contribution < -0.4 is 34.3 Å². The summed E-state index contributed by atoms with van der Waals surface area (Å²) >= 11 is 5.46. The van der Waals surface area contributed by atoms with E-state index in [9.17, 15) is 13.0 Å². The maximum atomic E-state index is 11.6. The van der Waals surface area contributed by atoms with Crippen LogP contribution in [0.25, 0.3) is 10.4 Å². The van der Waals surface area contributed by atoms with Crippen molar-refractivity contribution in [3.05, 3.63) is 63.5 Å². The van der Waals surface area contributed by atoms with Gasteiger partial charge in [-0.3, -0.25) is 4.55 Å². The standard InChI is InChI=1S/C17H14O4S4.Na.H/c1-21-14-8-7-11(10-15(14)25(18,19)20)9-13-16(23-24-17(13)22)12-5-3-2-4-6-12;;/h2-8,10H,9H2,1H3,(H,18,19,20);;/q;+1;-1. The van der Waals surface area contributed by atoms with Crippen LogP contribution in [0.3, 0.4) is 0 Å². The molecule has 9 heteroatoms. The first kappa shape index (κ1) is 21.7. The molecule has 26 heavy (non-hydrogen) atoms. The zero-order valence-corrected chi connectivity index (χ0v) is 19.4. The molecule has 1 heterocycles. The van der Waals surface area contributed by atoms with Crippen LogP contribution in [0, 0.1) is 3.82 Å². The van der Waals surface area contributed by atoms with Gasteiger partial charge in [0.25, 0.3) is 10.1 Å². The summed E-state index contributed by atoms with van der Waals surface area (Å²) in [7, 11) is 0.133. The molecule has 132 valence electrons. The minimum Gasteiger partial charge on any atom is -1.00 e. The van der Waals surface area contributed by atoms with Crippen LogP contribution in [-0.4, -0.2) is 20.1 Å². The van der Waals surface area contributed by atoms with E-state index in [0.29, 0.717) is 6.42 Å². The van der Waals surface area contributed by atoms with E-state index in [4.69, 9.17) is 17.0 Å². The molecule has 0 spiro atoms. The van der Waals surface area contributed by atoms with Gasteiger partial charge in [-0.2, -0.15) is 8.42 Å². The van der Waals surface area contributed by atoms with E-state index in [0.717, 1.165) is 25.4 Å². The fourth-order valence-electron chi connectivity index (χ4n) is 2.47. The maximum Gasteiger partial charge on any atom is 1.00 e. The van der Waals surface area contributed by atoms with Crippen LogP contribution in [0.4, 0.5) is 0 Å². The van der Waals surface area contributed by atoms with Gasteiger partial charge in [-0.1, -0.05) is 69.3 Å². The molecule has 0 radical (unpaired) electrons. The van der Waals surface area contributed by atoms with Gasteiger partial charge in [0.2, 0.25) is 0 Å². The molecule has 0 aliphatic carbocycles. The Balaban J connectivity index is 0.00000182. The predicted molar refractivity (Wildman–Crippen MR) is 105 cm³/mol. The second kappa shape index (κ2) is 9.07. The Hall–Kier alpha value is -0.580. The number of rotatable bonds is 5. The molecule has 0 aliphatic heterocycles. The van der Waals surface area contributed by atoms with E-state index in [1.165, 1.54) is 23.5 Å². The van der Waals surface area contributed by atoms with Crippen molar-refractivity contribution >= 4 is 43.0 Å². The third kappa shape index (κ3) is 4.82. The summed E-state index contributed by atoms with van der Waals surface area (Å²) < 4.78 is 38.4. The maximum absolute atomic E-state index is 11.6. The molecule has 1 aromatic heterocycles. The van der Waals surface area contributed by atoms with Gasteiger partial charge in [0.05, 0.1) is 12.0 Å². The van der Waals surface area contributed by atoms with Gasteiger partial charge < -0.3 is 6.16 Å². The van der Waals surface area contributed by atoms with Gasteiger partial charge in [-0.15, -0.1) is 0 Å². The van der Waals surface area contributed by atoms with E-state index in [2.05, 4.69) is 0 Å². The molecule has 0 saturated carbocycles. The van der Waals surface area contributed by atoms with Gasteiger partial charge in [0.15, 0.2) is 0 Å². The average molecular weight is 435 g/mol. The van der Waals surface area contributed by atoms with Gasteiger partial charge in [0.1, 0.15) is 14.5 Å². The molecular formula is C17H15NaO4S4. The van der Waals surface area contributed by atoms with E-state index in [-0.39, 0.29) is 41.6 Å². The van der Waals surface area contributed by atoms with Gasteiger partial charge in [-0.05, 0) is 23.3 Å². The predicted octanol–water partition coefficient (Wildman–Crippen LogP) is 2.17. The topological polar surface area (TPSA) is 63.6 Å². The molecule has 0 aliphatic rings. The van der Waals surface area contributed by atoms with Crippen LogP contribution in [0.15, 0.2) is 53.4 Å². The monoisotopic (exact) mass is 434 g/mol. The molecule has 0 fully saturated rings. The normalized spacial score (nSPS) is 11.0. The first-order chi connectivity index (χ1) is 11.9. The van der Waals surface area contributed by atoms with Crippen molar-refractivity contribution in [3.8, 4) is 16.2 Å². The molecule has 2 aromatic carbocycles. The molecule has 0 unspecified atom stereocenters. The Kier molecular flexibility index (Phi) is 7.58. The Labute approximate surface area is 188 Å². The third-order valence-electron chi connectivity index (χ3n) is 3.64. The third-order valence-corrected chi connectivity index (χ3v) is 7.71. The SMILES string of the molecule is COc1ccc(Cc2c(-c3ccccc3)ssc2=S)cc1S(=O)(=O)O.[H-].[Na+]. The van der Waals surface area contributed by atoms with Crippen LogP contribution in [0.1, 0.15) is 12.6 Å². The summed E-state index contributed by atoms with van der Waals surface area (Å²) in [5.41, 5.74) is 2.81. The summed E-state index contributed by atoms with van der Waals surface area (Å²) in [5.74, 6) is 0.112. The minimum absolute atomic E-state index is 0. The largest absolute Gasteiger partial charge is 1.00 e. The Morgan fingerprint density at radius 1 is 1.15 bits per heavy atom.